The predicted molar refractivity (Wildman–Crippen MR) is 84.1 cm³/mol. The molecule has 0 unspecified atom stereocenters. The Bertz CT molecular complexity index is 542. The minimum Gasteiger partial charge on any atom is -0.352 e. The number of amides is 1. The lowest BCUT2D eigenvalue weighted by molar-refractivity contribution is -0.126. The number of nitrogens with zero attached hydrogens (tertiary/aromatic N) is 4. The van der Waals surface area contributed by atoms with Crippen molar-refractivity contribution in [1.29, 1.82) is 0 Å². The minimum absolute atomic E-state index is 0.0148. The fourth-order valence-corrected chi connectivity index (χ4v) is 2.21. The Balaban J connectivity index is 1.94. The molecule has 0 aliphatic carbocycles. The van der Waals surface area contributed by atoms with Crippen LogP contribution >= 0.6 is 0 Å². The maximum absolute atomic E-state index is 11.5. The molecule has 0 saturated carbocycles. The van der Waals surface area contributed by atoms with E-state index < -0.39 is 0 Å². The Morgan fingerprint density at radius 3 is 2.38 bits per heavy atom. The van der Waals surface area contributed by atoms with Gasteiger partial charge in [0, 0.05) is 32.6 Å². The van der Waals surface area contributed by atoms with Crippen LogP contribution in [0.15, 0.2) is 49.6 Å². The van der Waals surface area contributed by atoms with Crippen molar-refractivity contribution in [1.82, 2.24) is 15.1 Å². The third-order valence-electron chi connectivity index (χ3n) is 3.49. The number of anilines is 1. The van der Waals surface area contributed by atoms with E-state index in [1.165, 1.54) is 6.08 Å². The van der Waals surface area contributed by atoms with Gasteiger partial charge in [0.05, 0.1) is 5.69 Å². The van der Waals surface area contributed by atoms with E-state index >= 15 is 0 Å². The van der Waals surface area contributed by atoms with E-state index in [1.54, 1.807) is 11.0 Å². The second kappa shape index (κ2) is 6.83. The average molecular weight is 284 g/mol. The summed E-state index contributed by atoms with van der Waals surface area (Å²) in [4.78, 5) is 15.5. The number of allylic oxidation sites excluding steroid dienone is 2. The molecule has 0 N–H and O–H groups in total. The minimum atomic E-state index is -0.0148. The molecule has 2 rings (SSSR count). The molecule has 1 aliphatic rings. The predicted octanol–water partition coefficient (Wildman–Crippen LogP) is 1.60. The summed E-state index contributed by atoms with van der Waals surface area (Å²) in [5.74, 6) is 0.827. The van der Waals surface area contributed by atoms with Gasteiger partial charge in [-0.3, -0.25) is 4.79 Å². The Morgan fingerprint density at radius 2 is 1.86 bits per heavy atom. The van der Waals surface area contributed by atoms with Gasteiger partial charge in [-0.25, -0.2) is 0 Å². The van der Waals surface area contributed by atoms with E-state index in [0.29, 0.717) is 19.5 Å². The SMILES string of the molecule is C=CC(=C)Cc1ccc(N2CCN(C(=O)C=C)CC2)nn1. The van der Waals surface area contributed by atoms with E-state index in [4.69, 9.17) is 0 Å². The van der Waals surface area contributed by atoms with E-state index in [9.17, 15) is 4.79 Å². The lowest BCUT2D eigenvalue weighted by Crippen LogP contribution is -2.48. The van der Waals surface area contributed by atoms with E-state index in [-0.39, 0.29) is 5.91 Å². The van der Waals surface area contributed by atoms with Crippen LogP contribution in [0, 0.1) is 0 Å². The molecule has 1 fully saturated rings. The fraction of sp³-hybridized carbons (Fsp3) is 0.312. The molecule has 1 saturated heterocycles. The smallest absolute Gasteiger partial charge is 0.246 e. The van der Waals surface area contributed by atoms with Crippen LogP contribution in [-0.4, -0.2) is 47.2 Å². The number of carbonyl (C=O) groups is 1. The summed E-state index contributed by atoms with van der Waals surface area (Å²) in [7, 11) is 0. The summed E-state index contributed by atoms with van der Waals surface area (Å²) in [6, 6.07) is 3.92. The third kappa shape index (κ3) is 3.78. The molecule has 1 aromatic heterocycles. The van der Waals surface area contributed by atoms with Crippen LogP contribution in [0.2, 0.25) is 0 Å². The molecule has 110 valence electrons. The molecule has 5 heteroatoms. The van der Waals surface area contributed by atoms with Crippen molar-refractivity contribution in [3.05, 3.63) is 55.3 Å². The number of hydrogen-bond donors (Lipinski definition) is 0. The van der Waals surface area contributed by atoms with Gasteiger partial charge in [0.15, 0.2) is 5.82 Å². The fourth-order valence-electron chi connectivity index (χ4n) is 2.21. The van der Waals surface area contributed by atoms with Gasteiger partial charge in [0.25, 0.3) is 0 Å². The average Bonchev–Trinajstić information content (AvgIpc) is 2.55. The number of aromatic nitrogens is 2. The van der Waals surface area contributed by atoms with Crippen LogP contribution in [0.25, 0.3) is 0 Å². The van der Waals surface area contributed by atoms with Crippen molar-refractivity contribution in [2.24, 2.45) is 0 Å². The van der Waals surface area contributed by atoms with Crippen molar-refractivity contribution >= 4 is 11.7 Å². The third-order valence-corrected chi connectivity index (χ3v) is 3.49. The van der Waals surface area contributed by atoms with Gasteiger partial charge < -0.3 is 9.80 Å². The molecule has 1 aromatic rings. The van der Waals surface area contributed by atoms with Gasteiger partial charge in [0.2, 0.25) is 5.91 Å². The molecule has 21 heavy (non-hydrogen) atoms. The number of hydrogen-bond acceptors (Lipinski definition) is 4. The standard InChI is InChI=1S/C16H20N4O/c1-4-13(3)12-14-6-7-15(18-17-14)19-8-10-20(11-9-19)16(21)5-2/h4-7H,1-3,8-12H2. The zero-order chi connectivity index (χ0) is 15.2. The van der Waals surface area contributed by atoms with Crippen molar-refractivity contribution in [3.63, 3.8) is 0 Å². The highest BCUT2D eigenvalue weighted by Crippen LogP contribution is 2.14. The molecule has 0 aromatic carbocycles. The maximum Gasteiger partial charge on any atom is 0.246 e. The highest BCUT2D eigenvalue weighted by atomic mass is 16.2. The highest BCUT2D eigenvalue weighted by molar-refractivity contribution is 5.87. The summed E-state index contributed by atoms with van der Waals surface area (Å²) in [5.41, 5.74) is 1.80. The Morgan fingerprint density at radius 1 is 1.14 bits per heavy atom. The monoisotopic (exact) mass is 284 g/mol. The van der Waals surface area contributed by atoms with Gasteiger partial charge in [-0.05, 0) is 23.8 Å². The topological polar surface area (TPSA) is 49.3 Å². The molecule has 1 amide bonds. The Hall–Kier alpha value is -2.43. The van der Waals surface area contributed by atoms with Crippen molar-refractivity contribution in [2.75, 3.05) is 31.1 Å². The molecule has 0 spiro atoms. The number of piperazine rings is 1. The van der Waals surface area contributed by atoms with Gasteiger partial charge in [-0.1, -0.05) is 25.8 Å². The van der Waals surface area contributed by atoms with Gasteiger partial charge in [-0.2, -0.15) is 5.10 Å². The number of carbonyl (C=O) groups excluding carboxylic acids is 1. The largest absolute Gasteiger partial charge is 0.352 e. The highest BCUT2D eigenvalue weighted by Gasteiger charge is 2.20. The molecule has 5 nitrogen and oxygen atoms in total. The summed E-state index contributed by atoms with van der Waals surface area (Å²) in [6.45, 7) is 13.9. The normalized spacial score (nSPS) is 14.7. The van der Waals surface area contributed by atoms with E-state index in [0.717, 1.165) is 30.2 Å². The molecule has 2 heterocycles. The summed E-state index contributed by atoms with van der Waals surface area (Å²) in [6.07, 6.45) is 3.75. The van der Waals surface area contributed by atoms with Crippen LogP contribution in [0.5, 0.6) is 0 Å². The van der Waals surface area contributed by atoms with Gasteiger partial charge >= 0.3 is 0 Å². The lowest BCUT2D eigenvalue weighted by atomic mass is 10.1. The first-order valence-corrected chi connectivity index (χ1v) is 6.93. The molecule has 0 bridgehead atoms. The Labute approximate surface area is 125 Å². The first-order valence-electron chi connectivity index (χ1n) is 6.93. The second-order valence-corrected chi connectivity index (χ2v) is 4.94. The molecular weight excluding hydrogens is 264 g/mol. The summed E-state index contributed by atoms with van der Waals surface area (Å²) >= 11 is 0. The van der Waals surface area contributed by atoms with Crippen molar-refractivity contribution in [3.8, 4) is 0 Å². The first kappa shape index (κ1) is 15.0. The van der Waals surface area contributed by atoms with Crippen LogP contribution in [-0.2, 0) is 11.2 Å². The van der Waals surface area contributed by atoms with Gasteiger partial charge in [-0.15, -0.1) is 5.10 Å². The van der Waals surface area contributed by atoms with Gasteiger partial charge in [0.1, 0.15) is 0 Å². The second-order valence-electron chi connectivity index (χ2n) is 4.94. The van der Waals surface area contributed by atoms with Crippen LogP contribution in [0.1, 0.15) is 5.69 Å². The van der Waals surface area contributed by atoms with Crippen LogP contribution in [0.3, 0.4) is 0 Å². The first-order chi connectivity index (χ1) is 10.1. The summed E-state index contributed by atoms with van der Waals surface area (Å²) in [5, 5.41) is 8.47. The van der Waals surface area contributed by atoms with Crippen LogP contribution in [0.4, 0.5) is 5.82 Å². The Kier molecular flexibility index (Phi) is 4.87. The molecular formula is C16H20N4O. The van der Waals surface area contributed by atoms with Crippen molar-refractivity contribution in [2.45, 2.75) is 6.42 Å². The maximum atomic E-state index is 11.5. The summed E-state index contributed by atoms with van der Waals surface area (Å²) < 4.78 is 0. The number of rotatable bonds is 5. The zero-order valence-electron chi connectivity index (χ0n) is 12.2. The van der Waals surface area contributed by atoms with E-state index in [1.807, 2.05) is 12.1 Å². The molecule has 0 radical (unpaired) electrons. The quantitative estimate of drug-likeness (QED) is 0.608. The molecule has 0 atom stereocenters. The molecule has 1 aliphatic heterocycles. The zero-order valence-corrected chi connectivity index (χ0v) is 12.2. The van der Waals surface area contributed by atoms with E-state index in [2.05, 4.69) is 34.8 Å². The van der Waals surface area contributed by atoms with Crippen molar-refractivity contribution < 1.29 is 4.79 Å². The lowest BCUT2D eigenvalue weighted by Gasteiger charge is -2.34. The van der Waals surface area contributed by atoms with Crippen LogP contribution < -0.4 is 4.90 Å².